The molecule has 0 amide bonds. The van der Waals surface area contributed by atoms with E-state index in [4.69, 9.17) is 4.52 Å². The summed E-state index contributed by atoms with van der Waals surface area (Å²) in [5.74, 6) is 1.06. The zero-order valence-corrected chi connectivity index (χ0v) is 13.4. The monoisotopic (exact) mass is 342 g/mol. The molecule has 0 saturated carbocycles. The van der Waals surface area contributed by atoms with Crippen LogP contribution in [0.4, 0.5) is 4.39 Å². The smallest absolute Gasteiger partial charge is 0.237 e. The van der Waals surface area contributed by atoms with Gasteiger partial charge in [0.05, 0.1) is 17.3 Å². The molecule has 3 aromatic heterocycles. The molecule has 0 aliphatic heterocycles. The summed E-state index contributed by atoms with van der Waals surface area (Å²) in [4.78, 5) is 12.8. The largest absolute Gasteiger partial charge is 0.338 e. The number of benzene rings is 1. The molecular weight excluding hydrogens is 331 g/mol. The highest BCUT2D eigenvalue weighted by molar-refractivity contribution is 7.98. The van der Waals surface area contributed by atoms with E-state index in [9.17, 15) is 4.39 Å². The normalized spacial score (nSPS) is 11.2. The lowest BCUT2D eigenvalue weighted by Gasteiger charge is -1.99. The van der Waals surface area contributed by atoms with Crippen molar-refractivity contribution in [1.82, 2.24) is 29.9 Å². The topological polar surface area (TPSA) is 82.5 Å². The van der Waals surface area contributed by atoms with E-state index in [0.29, 0.717) is 23.0 Å². The fourth-order valence-electron chi connectivity index (χ4n) is 2.22. The van der Waals surface area contributed by atoms with Gasteiger partial charge in [0, 0.05) is 12.6 Å². The fourth-order valence-corrected chi connectivity index (χ4v) is 3.01. The van der Waals surface area contributed by atoms with E-state index in [1.807, 2.05) is 7.05 Å². The number of aryl methyl sites for hydroxylation is 1. The van der Waals surface area contributed by atoms with Gasteiger partial charge in [0.15, 0.2) is 5.65 Å². The summed E-state index contributed by atoms with van der Waals surface area (Å²) in [7, 11) is 1.83. The number of hydrogen-bond acceptors (Lipinski definition) is 7. The van der Waals surface area contributed by atoms with Crippen molar-refractivity contribution in [2.75, 3.05) is 0 Å². The second-order valence-corrected chi connectivity index (χ2v) is 5.96. The first-order valence-corrected chi connectivity index (χ1v) is 8.03. The first kappa shape index (κ1) is 14.8. The Morgan fingerprint density at radius 2 is 2.04 bits per heavy atom. The van der Waals surface area contributed by atoms with Crippen LogP contribution in [0.1, 0.15) is 5.89 Å². The van der Waals surface area contributed by atoms with Gasteiger partial charge in [-0.05, 0) is 24.3 Å². The van der Waals surface area contributed by atoms with Gasteiger partial charge in [0.2, 0.25) is 11.7 Å². The molecule has 0 bridgehead atoms. The average molecular weight is 342 g/mol. The Kier molecular flexibility index (Phi) is 3.69. The van der Waals surface area contributed by atoms with Crippen molar-refractivity contribution in [3.63, 3.8) is 0 Å². The van der Waals surface area contributed by atoms with Crippen LogP contribution in [0.2, 0.25) is 0 Å². The third-order valence-corrected chi connectivity index (χ3v) is 4.39. The summed E-state index contributed by atoms with van der Waals surface area (Å²) in [5, 5.41) is 9.78. The summed E-state index contributed by atoms with van der Waals surface area (Å²) in [6.45, 7) is 0. The van der Waals surface area contributed by atoms with Crippen LogP contribution in [-0.2, 0) is 12.8 Å². The zero-order chi connectivity index (χ0) is 16.5. The first-order valence-electron chi connectivity index (χ1n) is 7.05. The molecule has 0 unspecified atom stereocenters. The maximum absolute atomic E-state index is 13.0. The van der Waals surface area contributed by atoms with Gasteiger partial charge in [0.25, 0.3) is 0 Å². The molecule has 0 saturated heterocycles. The molecule has 7 nitrogen and oxygen atoms in total. The summed E-state index contributed by atoms with van der Waals surface area (Å²) in [6.07, 6.45) is 3.24. The van der Waals surface area contributed by atoms with Gasteiger partial charge in [-0.15, -0.1) is 0 Å². The molecule has 1 aromatic carbocycles. The van der Waals surface area contributed by atoms with Gasteiger partial charge in [-0.2, -0.15) is 10.1 Å². The van der Waals surface area contributed by atoms with Crippen molar-refractivity contribution >= 4 is 22.8 Å². The molecule has 4 aromatic rings. The van der Waals surface area contributed by atoms with Crippen LogP contribution >= 0.6 is 11.8 Å². The fraction of sp³-hybridized carbons (Fsp3) is 0.133. The minimum absolute atomic E-state index is 0.303. The van der Waals surface area contributed by atoms with Crippen LogP contribution in [-0.4, -0.2) is 29.9 Å². The lowest BCUT2D eigenvalue weighted by molar-refractivity contribution is 0.391. The molecule has 4 rings (SSSR count). The molecule has 0 aliphatic rings. The molecule has 0 fully saturated rings. The van der Waals surface area contributed by atoms with Crippen molar-refractivity contribution in [2.24, 2.45) is 7.05 Å². The molecule has 0 radical (unpaired) electrons. The van der Waals surface area contributed by atoms with E-state index in [1.54, 1.807) is 23.0 Å². The molecule has 0 aliphatic carbocycles. The van der Waals surface area contributed by atoms with Crippen molar-refractivity contribution in [2.45, 2.75) is 10.8 Å². The van der Waals surface area contributed by atoms with E-state index < -0.39 is 0 Å². The van der Waals surface area contributed by atoms with Gasteiger partial charge in [-0.3, -0.25) is 4.68 Å². The van der Waals surface area contributed by atoms with Gasteiger partial charge in [0.1, 0.15) is 17.2 Å². The van der Waals surface area contributed by atoms with Gasteiger partial charge in [-0.1, -0.05) is 16.9 Å². The average Bonchev–Trinajstić information content (AvgIpc) is 3.21. The number of thioether (sulfide) groups is 1. The highest BCUT2D eigenvalue weighted by atomic mass is 32.2. The van der Waals surface area contributed by atoms with E-state index in [2.05, 4.69) is 25.2 Å². The summed E-state index contributed by atoms with van der Waals surface area (Å²) >= 11 is 1.47. The minimum atomic E-state index is -0.303. The van der Waals surface area contributed by atoms with Crippen LogP contribution in [0.3, 0.4) is 0 Å². The maximum Gasteiger partial charge on any atom is 0.237 e. The SMILES string of the molecule is Cn1ncc2c(SCc3nc(-c4ccc(F)cc4)no3)ncnc21. The van der Waals surface area contributed by atoms with Crippen LogP contribution in [0.15, 0.2) is 46.3 Å². The quantitative estimate of drug-likeness (QED) is 0.416. The Morgan fingerprint density at radius 3 is 2.88 bits per heavy atom. The van der Waals surface area contributed by atoms with Crippen molar-refractivity contribution in [3.05, 3.63) is 48.5 Å². The van der Waals surface area contributed by atoms with Crippen LogP contribution in [0.5, 0.6) is 0 Å². The van der Waals surface area contributed by atoms with Crippen LogP contribution in [0, 0.1) is 5.82 Å². The zero-order valence-electron chi connectivity index (χ0n) is 12.5. The highest BCUT2D eigenvalue weighted by Crippen LogP contribution is 2.27. The summed E-state index contributed by atoms with van der Waals surface area (Å²) in [6, 6.07) is 5.95. The molecule has 120 valence electrons. The summed E-state index contributed by atoms with van der Waals surface area (Å²) < 4.78 is 19.9. The van der Waals surface area contributed by atoms with Crippen LogP contribution in [0.25, 0.3) is 22.4 Å². The van der Waals surface area contributed by atoms with Crippen LogP contribution < -0.4 is 0 Å². The van der Waals surface area contributed by atoms with Gasteiger partial charge in [-0.25, -0.2) is 14.4 Å². The second-order valence-electron chi connectivity index (χ2n) is 4.99. The molecule has 0 N–H and O–H groups in total. The van der Waals surface area contributed by atoms with Gasteiger partial charge >= 0.3 is 0 Å². The third kappa shape index (κ3) is 2.73. The molecule has 24 heavy (non-hydrogen) atoms. The van der Waals surface area contributed by atoms with E-state index in [0.717, 1.165) is 16.1 Å². The molecule has 3 heterocycles. The lowest BCUT2D eigenvalue weighted by atomic mass is 10.2. The van der Waals surface area contributed by atoms with Crippen molar-refractivity contribution < 1.29 is 8.91 Å². The van der Waals surface area contributed by atoms with Crippen molar-refractivity contribution in [3.8, 4) is 11.4 Å². The van der Waals surface area contributed by atoms with E-state index >= 15 is 0 Å². The highest BCUT2D eigenvalue weighted by Gasteiger charge is 2.12. The maximum atomic E-state index is 13.0. The number of halogens is 1. The lowest BCUT2D eigenvalue weighted by Crippen LogP contribution is -1.93. The molecular formula is C15H11FN6OS. The predicted octanol–water partition coefficient (Wildman–Crippen LogP) is 2.84. The minimum Gasteiger partial charge on any atom is -0.338 e. The Labute approximate surface area is 139 Å². The Bertz CT molecular complexity index is 997. The second kappa shape index (κ2) is 6.00. The molecule has 9 heteroatoms. The molecule has 0 atom stereocenters. The molecule has 0 spiro atoms. The number of fused-ring (bicyclic) bond motifs is 1. The van der Waals surface area contributed by atoms with E-state index in [-0.39, 0.29) is 5.82 Å². The number of nitrogens with zero attached hydrogens (tertiary/aromatic N) is 6. The Balaban J connectivity index is 1.53. The summed E-state index contributed by atoms with van der Waals surface area (Å²) in [5.41, 5.74) is 1.47. The van der Waals surface area contributed by atoms with Crippen molar-refractivity contribution in [1.29, 1.82) is 0 Å². The number of hydrogen-bond donors (Lipinski definition) is 0. The Morgan fingerprint density at radius 1 is 1.21 bits per heavy atom. The predicted molar refractivity (Wildman–Crippen MR) is 85.6 cm³/mol. The van der Waals surface area contributed by atoms with E-state index in [1.165, 1.54) is 30.2 Å². The third-order valence-electron chi connectivity index (χ3n) is 3.40. The number of rotatable bonds is 4. The number of aromatic nitrogens is 6. The first-order chi connectivity index (χ1) is 11.7. The van der Waals surface area contributed by atoms with Gasteiger partial charge < -0.3 is 4.52 Å². The standard InChI is InChI=1S/C15H11FN6OS/c1-22-14-11(6-19-22)15(18-8-17-14)24-7-12-20-13(21-23-12)9-2-4-10(16)5-3-9/h2-6,8H,7H2,1H3. The Hall–Kier alpha value is -2.81.